The molecule has 106 valence electrons. The van der Waals surface area contributed by atoms with Crippen molar-refractivity contribution in [3.63, 3.8) is 0 Å². The van der Waals surface area contributed by atoms with Gasteiger partial charge in [-0.05, 0) is 19.8 Å². The summed E-state index contributed by atoms with van der Waals surface area (Å²) in [7, 11) is 0. The van der Waals surface area contributed by atoms with E-state index in [-0.39, 0.29) is 11.7 Å². The van der Waals surface area contributed by atoms with Gasteiger partial charge < -0.3 is 9.90 Å². The Bertz CT molecular complexity index is 223. The topological polar surface area (TPSA) is 54.4 Å². The lowest BCUT2D eigenvalue weighted by molar-refractivity contribution is -0.142. The molecular weight excluding hydrogens is 228 g/mol. The largest absolute Gasteiger partial charge is 0.481 e. The molecule has 0 aromatic carbocycles. The second-order valence-electron chi connectivity index (χ2n) is 5.16. The highest BCUT2D eigenvalue weighted by atomic mass is 16.4. The highest BCUT2D eigenvalue weighted by Crippen LogP contribution is 2.15. The zero-order valence-corrected chi connectivity index (χ0v) is 11.9. The first kappa shape index (κ1) is 17.1. The molecule has 3 heteroatoms. The van der Waals surface area contributed by atoms with E-state index in [2.05, 4.69) is 0 Å². The molecule has 0 aromatic rings. The summed E-state index contributed by atoms with van der Waals surface area (Å²) in [5.74, 6) is -1.09. The van der Waals surface area contributed by atoms with Gasteiger partial charge in [0.15, 0.2) is 0 Å². The van der Waals surface area contributed by atoms with Crippen molar-refractivity contribution >= 4 is 11.8 Å². The number of hydrogen-bond donors (Lipinski definition) is 1. The molecule has 0 amide bonds. The summed E-state index contributed by atoms with van der Waals surface area (Å²) in [5, 5.41) is 8.57. The Balaban J connectivity index is 0.000000325. The van der Waals surface area contributed by atoms with E-state index in [0.29, 0.717) is 19.3 Å². The first-order valence-corrected chi connectivity index (χ1v) is 7.30. The molecule has 0 aliphatic heterocycles. The quantitative estimate of drug-likeness (QED) is 0.802. The first-order valence-electron chi connectivity index (χ1n) is 7.30. The molecule has 0 aromatic heterocycles. The summed E-state index contributed by atoms with van der Waals surface area (Å²) in [5.41, 5.74) is 0. The molecule has 0 spiro atoms. The zero-order valence-electron chi connectivity index (χ0n) is 11.9. The van der Waals surface area contributed by atoms with Gasteiger partial charge in [-0.25, -0.2) is 0 Å². The van der Waals surface area contributed by atoms with Crippen LogP contribution in [0.5, 0.6) is 0 Å². The van der Waals surface area contributed by atoms with Crippen LogP contribution in [0.4, 0.5) is 0 Å². The van der Waals surface area contributed by atoms with E-state index in [1.165, 1.54) is 51.9 Å². The fraction of sp³-hybridized carbons (Fsp3) is 0.867. The van der Waals surface area contributed by atoms with Gasteiger partial charge in [0.2, 0.25) is 0 Å². The van der Waals surface area contributed by atoms with Crippen LogP contribution in [0.3, 0.4) is 0 Å². The number of carboxylic acid groups (broad SMARTS) is 1. The molecule has 2 aliphatic carbocycles. The molecule has 0 unspecified atom stereocenters. The number of hydrogen-bond acceptors (Lipinski definition) is 2. The van der Waals surface area contributed by atoms with Crippen LogP contribution in [-0.4, -0.2) is 16.9 Å². The fourth-order valence-electron chi connectivity index (χ4n) is 1.13. The summed E-state index contributed by atoms with van der Waals surface area (Å²) in [6, 6.07) is 0. The minimum atomic E-state index is -0.797. The second-order valence-corrected chi connectivity index (χ2v) is 5.16. The molecule has 2 aliphatic rings. The van der Waals surface area contributed by atoms with Crippen LogP contribution < -0.4 is 0 Å². The van der Waals surface area contributed by atoms with Gasteiger partial charge in [-0.15, -0.1) is 0 Å². The lowest BCUT2D eigenvalue weighted by atomic mass is 10.00. The van der Waals surface area contributed by atoms with Gasteiger partial charge in [-0.2, -0.15) is 0 Å². The Kier molecular flexibility index (Phi) is 10.7. The van der Waals surface area contributed by atoms with Crippen molar-refractivity contribution in [3.05, 3.63) is 0 Å². The Morgan fingerprint density at radius 2 is 1.39 bits per heavy atom. The van der Waals surface area contributed by atoms with Crippen molar-refractivity contribution in [1.82, 2.24) is 0 Å². The van der Waals surface area contributed by atoms with Gasteiger partial charge in [-0.1, -0.05) is 51.9 Å². The number of aliphatic carboxylic acids is 1. The molecule has 1 atom stereocenters. The molecular formula is C15H28O3. The van der Waals surface area contributed by atoms with Gasteiger partial charge in [0.05, 0.1) is 5.92 Å². The van der Waals surface area contributed by atoms with E-state index in [0.717, 1.165) is 0 Å². The summed E-state index contributed by atoms with van der Waals surface area (Å²) in [6.45, 7) is 3.30. The van der Waals surface area contributed by atoms with Crippen LogP contribution in [0, 0.1) is 5.92 Å². The van der Waals surface area contributed by atoms with Crippen LogP contribution in [0.25, 0.3) is 0 Å². The van der Waals surface area contributed by atoms with E-state index < -0.39 is 5.97 Å². The SMILES string of the molecule is C1CC1.C1CCC1.CC[C@@H](CCC(C)=O)C(=O)O. The summed E-state index contributed by atoms with van der Waals surface area (Å²) in [6.07, 6.45) is 12.0. The van der Waals surface area contributed by atoms with E-state index in [9.17, 15) is 9.59 Å². The summed E-state index contributed by atoms with van der Waals surface area (Å²) >= 11 is 0. The molecule has 0 radical (unpaired) electrons. The number of carboxylic acids is 1. The average molecular weight is 256 g/mol. The Morgan fingerprint density at radius 3 is 1.56 bits per heavy atom. The smallest absolute Gasteiger partial charge is 0.306 e. The maximum absolute atomic E-state index is 10.5. The highest BCUT2D eigenvalue weighted by molar-refractivity contribution is 5.76. The monoisotopic (exact) mass is 256 g/mol. The molecule has 2 saturated carbocycles. The number of carbonyl (C=O) groups excluding carboxylic acids is 1. The minimum absolute atomic E-state index is 0.0599. The lowest BCUT2D eigenvalue weighted by Gasteiger charge is -2.06. The normalized spacial score (nSPS) is 17.0. The second kappa shape index (κ2) is 11.2. The van der Waals surface area contributed by atoms with Crippen molar-refractivity contribution in [3.8, 4) is 0 Å². The molecule has 0 heterocycles. The minimum Gasteiger partial charge on any atom is -0.481 e. The highest BCUT2D eigenvalue weighted by Gasteiger charge is 2.14. The van der Waals surface area contributed by atoms with Gasteiger partial charge in [-0.3, -0.25) is 4.79 Å². The zero-order chi connectivity index (χ0) is 13.8. The first-order chi connectivity index (χ1) is 8.57. The Morgan fingerprint density at radius 1 is 1.00 bits per heavy atom. The van der Waals surface area contributed by atoms with Crippen molar-refractivity contribution in [2.24, 2.45) is 5.92 Å². The number of carbonyl (C=O) groups is 2. The van der Waals surface area contributed by atoms with Gasteiger partial charge >= 0.3 is 5.97 Å². The van der Waals surface area contributed by atoms with E-state index in [1.54, 1.807) is 0 Å². The molecule has 0 bridgehead atoms. The summed E-state index contributed by atoms with van der Waals surface area (Å²) in [4.78, 5) is 20.9. The molecule has 0 saturated heterocycles. The molecule has 3 nitrogen and oxygen atoms in total. The van der Waals surface area contributed by atoms with Crippen LogP contribution in [0.15, 0.2) is 0 Å². The molecule has 2 fully saturated rings. The third-order valence-corrected chi connectivity index (χ3v) is 3.04. The van der Waals surface area contributed by atoms with Crippen LogP contribution in [0.1, 0.15) is 78.1 Å². The Labute approximate surface area is 111 Å². The number of ketones is 1. The molecule has 18 heavy (non-hydrogen) atoms. The number of Topliss-reactive ketones (excluding diaryl/α,β-unsaturated/α-hetero) is 1. The predicted molar refractivity (Wildman–Crippen MR) is 73.7 cm³/mol. The van der Waals surface area contributed by atoms with Crippen LogP contribution in [0.2, 0.25) is 0 Å². The van der Waals surface area contributed by atoms with Gasteiger partial charge in [0.25, 0.3) is 0 Å². The maximum Gasteiger partial charge on any atom is 0.306 e. The van der Waals surface area contributed by atoms with Crippen molar-refractivity contribution in [1.29, 1.82) is 0 Å². The van der Waals surface area contributed by atoms with E-state index in [4.69, 9.17) is 5.11 Å². The third-order valence-electron chi connectivity index (χ3n) is 3.04. The summed E-state index contributed by atoms with van der Waals surface area (Å²) < 4.78 is 0. The molecule has 2 rings (SSSR count). The van der Waals surface area contributed by atoms with Gasteiger partial charge in [0.1, 0.15) is 5.78 Å². The predicted octanol–water partition coefficient (Wildman–Crippen LogP) is 4.20. The Hall–Kier alpha value is -0.860. The molecule has 1 N–H and O–H groups in total. The van der Waals surface area contributed by atoms with E-state index in [1.807, 2.05) is 6.92 Å². The third kappa shape index (κ3) is 13.2. The lowest BCUT2D eigenvalue weighted by Crippen LogP contribution is -2.13. The van der Waals surface area contributed by atoms with Crippen molar-refractivity contribution in [2.75, 3.05) is 0 Å². The fourth-order valence-corrected chi connectivity index (χ4v) is 1.13. The standard InChI is InChI=1S/C8H14O3.C4H8.C3H6/c1-3-7(8(10)11)5-4-6(2)9;1-2-4-3-1;1-2-3-1/h7H,3-5H2,1-2H3,(H,10,11);1-4H2;1-3H2/t7-;;/m0../s1. The van der Waals surface area contributed by atoms with Crippen LogP contribution >= 0.6 is 0 Å². The van der Waals surface area contributed by atoms with Crippen LogP contribution in [-0.2, 0) is 9.59 Å². The average Bonchev–Trinajstić information content (AvgIpc) is 3.01. The van der Waals surface area contributed by atoms with Crippen molar-refractivity contribution in [2.45, 2.75) is 78.1 Å². The number of rotatable bonds is 5. The maximum atomic E-state index is 10.5. The van der Waals surface area contributed by atoms with Gasteiger partial charge in [0, 0.05) is 6.42 Å². The van der Waals surface area contributed by atoms with Crippen molar-refractivity contribution < 1.29 is 14.7 Å². The van der Waals surface area contributed by atoms with E-state index >= 15 is 0 Å².